The molecule has 1 rings (SSSR count). The van der Waals surface area contributed by atoms with Crippen LogP contribution in [0.15, 0.2) is 18.2 Å². The normalized spacial score (nSPS) is 8.33. The van der Waals surface area contributed by atoms with Gasteiger partial charge in [0.15, 0.2) is 0 Å². The number of rotatable bonds is 1. The van der Waals surface area contributed by atoms with E-state index >= 15 is 0 Å². The Labute approximate surface area is 74.4 Å². The second-order valence-corrected chi connectivity index (χ2v) is 2.17. The fraction of sp³-hybridized carbons (Fsp3) is 0.400. The largest absolute Gasteiger partial charge is 0.496 e. The topological polar surface area (TPSA) is 35.2 Å². The van der Waals surface area contributed by atoms with Crippen molar-refractivity contribution in [2.75, 3.05) is 12.8 Å². The van der Waals surface area contributed by atoms with Gasteiger partial charge in [0.05, 0.1) is 7.11 Å². The Kier molecular flexibility index (Phi) is 4.93. The van der Waals surface area contributed by atoms with Crippen LogP contribution in [0.25, 0.3) is 0 Å². The SMILES string of the molecule is CC.COc1cccc(N)c1C. The van der Waals surface area contributed by atoms with E-state index in [4.69, 9.17) is 10.5 Å². The van der Waals surface area contributed by atoms with Crippen molar-refractivity contribution in [3.05, 3.63) is 23.8 Å². The van der Waals surface area contributed by atoms with E-state index in [-0.39, 0.29) is 0 Å². The first-order valence-electron chi connectivity index (χ1n) is 4.15. The summed E-state index contributed by atoms with van der Waals surface area (Å²) in [6, 6.07) is 5.63. The zero-order valence-corrected chi connectivity index (χ0v) is 8.22. The molecular weight excluding hydrogens is 150 g/mol. The minimum Gasteiger partial charge on any atom is -0.496 e. The molecule has 0 atom stereocenters. The Bertz CT molecular complexity index is 233. The first kappa shape index (κ1) is 10.8. The van der Waals surface area contributed by atoms with E-state index in [0.717, 1.165) is 17.0 Å². The summed E-state index contributed by atoms with van der Waals surface area (Å²) in [5.74, 6) is 0.847. The van der Waals surface area contributed by atoms with Gasteiger partial charge in [-0.1, -0.05) is 19.9 Å². The highest BCUT2D eigenvalue weighted by atomic mass is 16.5. The summed E-state index contributed by atoms with van der Waals surface area (Å²) in [6.45, 7) is 5.94. The molecule has 0 fully saturated rings. The zero-order valence-electron chi connectivity index (χ0n) is 8.22. The third kappa shape index (κ3) is 2.46. The number of ether oxygens (including phenoxy) is 1. The van der Waals surface area contributed by atoms with Gasteiger partial charge in [-0.15, -0.1) is 0 Å². The predicted molar refractivity (Wildman–Crippen MR) is 53.5 cm³/mol. The lowest BCUT2D eigenvalue weighted by molar-refractivity contribution is 0.412. The van der Waals surface area contributed by atoms with Crippen molar-refractivity contribution in [3.8, 4) is 5.75 Å². The van der Waals surface area contributed by atoms with Crippen LogP contribution in [0.1, 0.15) is 19.4 Å². The first-order chi connectivity index (χ1) is 5.75. The van der Waals surface area contributed by atoms with Crippen LogP contribution in [-0.2, 0) is 0 Å². The van der Waals surface area contributed by atoms with Gasteiger partial charge in [-0.3, -0.25) is 0 Å². The highest BCUT2D eigenvalue weighted by Crippen LogP contribution is 2.21. The third-order valence-electron chi connectivity index (χ3n) is 1.55. The second kappa shape index (κ2) is 5.47. The van der Waals surface area contributed by atoms with Crippen LogP contribution in [0.3, 0.4) is 0 Å². The molecule has 0 aromatic heterocycles. The van der Waals surface area contributed by atoms with Crippen LogP contribution in [-0.4, -0.2) is 7.11 Å². The van der Waals surface area contributed by atoms with Gasteiger partial charge in [0, 0.05) is 11.3 Å². The first-order valence-corrected chi connectivity index (χ1v) is 4.15. The molecule has 0 aliphatic heterocycles. The number of nitrogen functional groups attached to an aromatic ring is 1. The molecule has 12 heavy (non-hydrogen) atoms. The van der Waals surface area contributed by atoms with Crippen molar-refractivity contribution >= 4 is 5.69 Å². The Morgan fingerprint density at radius 3 is 2.25 bits per heavy atom. The van der Waals surface area contributed by atoms with Gasteiger partial charge >= 0.3 is 0 Å². The molecule has 0 aliphatic rings. The van der Waals surface area contributed by atoms with E-state index in [0.29, 0.717) is 0 Å². The van der Waals surface area contributed by atoms with Crippen LogP contribution in [0, 0.1) is 6.92 Å². The molecule has 0 amide bonds. The lowest BCUT2D eigenvalue weighted by Crippen LogP contribution is -1.92. The highest BCUT2D eigenvalue weighted by molar-refractivity contribution is 5.52. The predicted octanol–water partition coefficient (Wildman–Crippen LogP) is 2.61. The monoisotopic (exact) mass is 167 g/mol. The summed E-state index contributed by atoms with van der Waals surface area (Å²) < 4.78 is 5.05. The van der Waals surface area contributed by atoms with Gasteiger partial charge in [-0.05, 0) is 19.1 Å². The summed E-state index contributed by atoms with van der Waals surface area (Å²) in [4.78, 5) is 0. The maximum atomic E-state index is 5.62. The number of hydrogen-bond donors (Lipinski definition) is 1. The number of benzene rings is 1. The van der Waals surface area contributed by atoms with Gasteiger partial charge in [-0.25, -0.2) is 0 Å². The van der Waals surface area contributed by atoms with Crippen molar-refractivity contribution in [1.82, 2.24) is 0 Å². The van der Waals surface area contributed by atoms with Crippen LogP contribution in [0.2, 0.25) is 0 Å². The Balaban J connectivity index is 0.000000561. The quantitative estimate of drug-likeness (QED) is 0.652. The molecule has 0 radical (unpaired) electrons. The lowest BCUT2D eigenvalue weighted by Gasteiger charge is -2.05. The van der Waals surface area contributed by atoms with Crippen molar-refractivity contribution in [1.29, 1.82) is 0 Å². The van der Waals surface area contributed by atoms with E-state index in [1.807, 2.05) is 39.0 Å². The van der Waals surface area contributed by atoms with E-state index in [1.54, 1.807) is 7.11 Å². The molecule has 0 saturated carbocycles. The molecule has 2 heteroatoms. The molecule has 0 spiro atoms. The minimum atomic E-state index is 0.777. The van der Waals surface area contributed by atoms with Gasteiger partial charge in [-0.2, -0.15) is 0 Å². The number of methoxy groups -OCH3 is 1. The molecule has 0 heterocycles. The fourth-order valence-electron chi connectivity index (χ4n) is 0.853. The summed E-state index contributed by atoms with van der Waals surface area (Å²) in [5, 5.41) is 0. The molecule has 1 aromatic carbocycles. The van der Waals surface area contributed by atoms with Crippen LogP contribution < -0.4 is 10.5 Å². The summed E-state index contributed by atoms with van der Waals surface area (Å²) in [7, 11) is 1.64. The molecule has 68 valence electrons. The number of anilines is 1. The smallest absolute Gasteiger partial charge is 0.123 e. The molecular formula is C10H17NO. The minimum absolute atomic E-state index is 0.777. The lowest BCUT2D eigenvalue weighted by atomic mass is 10.2. The maximum Gasteiger partial charge on any atom is 0.123 e. The number of hydrogen-bond acceptors (Lipinski definition) is 2. The van der Waals surface area contributed by atoms with E-state index in [2.05, 4.69) is 0 Å². The Hall–Kier alpha value is -1.18. The Morgan fingerprint density at radius 1 is 1.25 bits per heavy atom. The van der Waals surface area contributed by atoms with Gasteiger partial charge < -0.3 is 10.5 Å². The van der Waals surface area contributed by atoms with Gasteiger partial charge in [0.1, 0.15) is 5.75 Å². The fourth-order valence-corrected chi connectivity index (χ4v) is 0.853. The Morgan fingerprint density at radius 2 is 1.83 bits per heavy atom. The average Bonchev–Trinajstić information content (AvgIpc) is 2.13. The van der Waals surface area contributed by atoms with Crippen LogP contribution >= 0.6 is 0 Å². The standard InChI is InChI=1S/C8H11NO.C2H6/c1-6-7(9)4-3-5-8(6)10-2;1-2/h3-5H,9H2,1-2H3;1-2H3. The molecule has 0 aliphatic carbocycles. The van der Waals surface area contributed by atoms with E-state index in [1.165, 1.54) is 0 Å². The summed E-state index contributed by atoms with van der Waals surface area (Å²) in [5.41, 5.74) is 7.40. The van der Waals surface area contributed by atoms with Gasteiger partial charge in [0.25, 0.3) is 0 Å². The van der Waals surface area contributed by atoms with Crippen molar-refractivity contribution in [3.63, 3.8) is 0 Å². The highest BCUT2D eigenvalue weighted by Gasteiger charge is 1.98. The van der Waals surface area contributed by atoms with E-state index < -0.39 is 0 Å². The second-order valence-electron chi connectivity index (χ2n) is 2.17. The van der Waals surface area contributed by atoms with E-state index in [9.17, 15) is 0 Å². The van der Waals surface area contributed by atoms with Crippen LogP contribution in [0.5, 0.6) is 5.75 Å². The number of nitrogens with two attached hydrogens (primary N) is 1. The molecule has 2 nitrogen and oxygen atoms in total. The van der Waals surface area contributed by atoms with Crippen molar-refractivity contribution < 1.29 is 4.74 Å². The van der Waals surface area contributed by atoms with Crippen LogP contribution in [0.4, 0.5) is 5.69 Å². The van der Waals surface area contributed by atoms with Crippen molar-refractivity contribution in [2.24, 2.45) is 0 Å². The summed E-state index contributed by atoms with van der Waals surface area (Å²) in [6.07, 6.45) is 0. The molecule has 0 bridgehead atoms. The molecule has 1 aromatic rings. The molecule has 0 unspecified atom stereocenters. The molecule has 2 N–H and O–H groups in total. The zero-order chi connectivity index (χ0) is 9.56. The third-order valence-corrected chi connectivity index (χ3v) is 1.55. The molecule has 0 saturated heterocycles. The maximum absolute atomic E-state index is 5.62. The van der Waals surface area contributed by atoms with Crippen molar-refractivity contribution in [2.45, 2.75) is 20.8 Å². The summed E-state index contributed by atoms with van der Waals surface area (Å²) >= 11 is 0. The van der Waals surface area contributed by atoms with Gasteiger partial charge in [0.2, 0.25) is 0 Å². The average molecular weight is 167 g/mol.